The molecule has 0 unspecified atom stereocenters. The molecule has 2 heteroatoms. The summed E-state index contributed by atoms with van der Waals surface area (Å²) in [5.41, 5.74) is 7.25. The fourth-order valence-corrected chi connectivity index (χ4v) is 2.64. The third kappa shape index (κ3) is 2.63. The van der Waals surface area contributed by atoms with E-state index in [-0.39, 0.29) is 0 Å². The standard InChI is InChI=1S/C14H22N2/c1-2-12-8-14(9-15)16(10-12)11-13-6-4-3-5-7-13/h3-7,12,14H,2,8-11,15H2,1H3/t12-,14+/m1/s1. The molecule has 0 aliphatic carbocycles. The van der Waals surface area contributed by atoms with E-state index < -0.39 is 0 Å². The summed E-state index contributed by atoms with van der Waals surface area (Å²) in [6, 6.07) is 11.3. The number of hydrogen-bond acceptors (Lipinski definition) is 2. The molecule has 1 aliphatic heterocycles. The molecule has 0 spiro atoms. The minimum Gasteiger partial charge on any atom is -0.329 e. The molecule has 2 nitrogen and oxygen atoms in total. The van der Waals surface area contributed by atoms with Gasteiger partial charge in [-0.05, 0) is 17.9 Å². The molecule has 0 radical (unpaired) electrons. The number of hydrogen-bond donors (Lipinski definition) is 1. The van der Waals surface area contributed by atoms with Crippen molar-refractivity contribution in [3.05, 3.63) is 35.9 Å². The first-order chi connectivity index (χ1) is 7.83. The molecule has 1 aliphatic rings. The normalized spacial score (nSPS) is 26.1. The van der Waals surface area contributed by atoms with Gasteiger partial charge in [0.2, 0.25) is 0 Å². The zero-order chi connectivity index (χ0) is 11.4. The Balaban J connectivity index is 1.98. The molecular formula is C14H22N2. The Labute approximate surface area is 98.4 Å². The third-order valence-electron chi connectivity index (χ3n) is 3.69. The van der Waals surface area contributed by atoms with Crippen LogP contribution in [0.3, 0.4) is 0 Å². The number of nitrogens with zero attached hydrogens (tertiary/aromatic N) is 1. The van der Waals surface area contributed by atoms with Crippen molar-refractivity contribution in [2.75, 3.05) is 13.1 Å². The van der Waals surface area contributed by atoms with Crippen LogP contribution >= 0.6 is 0 Å². The molecule has 0 amide bonds. The van der Waals surface area contributed by atoms with Gasteiger partial charge >= 0.3 is 0 Å². The van der Waals surface area contributed by atoms with Crippen LogP contribution in [-0.2, 0) is 6.54 Å². The van der Waals surface area contributed by atoms with Gasteiger partial charge in [0.15, 0.2) is 0 Å². The smallest absolute Gasteiger partial charge is 0.0237 e. The first-order valence-electron chi connectivity index (χ1n) is 6.31. The lowest BCUT2D eigenvalue weighted by Gasteiger charge is -2.23. The predicted octanol–water partition coefficient (Wildman–Crippen LogP) is 2.25. The summed E-state index contributed by atoms with van der Waals surface area (Å²) in [7, 11) is 0. The van der Waals surface area contributed by atoms with Gasteiger partial charge in [-0.2, -0.15) is 0 Å². The van der Waals surface area contributed by atoms with Crippen molar-refractivity contribution in [2.45, 2.75) is 32.4 Å². The number of likely N-dealkylation sites (tertiary alicyclic amines) is 1. The van der Waals surface area contributed by atoms with Gasteiger partial charge < -0.3 is 5.73 Å². The van der Waals surface area contributed by atoms with E-state index in [2.05, 4.69) is 42.2 Å². The second-order valence-electron chi connectivity index (χ2n) is 4.81. The van der Waals surface area contributed by atoms with E-state index in [0.29, 0.717) is 6.04 Å². The summed E-state index contributed by atoms with van der Waals surface area (Å²) in [5.74, 6) is 0.845. The van der Waals surface area contributed by atoms with Gasteiger partial charge in [0.25, 0.3) is 0 Å². The molecule has 1 aromatic rings. The Morgan fingerprint density at radius 3 is 2.69 bits per heavy atom. The quantitative estimate of drug-likeness (QED) is 0.840. The minimum atomic E-state index is 0.588. The van der Waals surface area contributed by atoms with E-state index in [9.17, 15) is 0 Å². The van der Waals surface area contributed by atoms with Crippen molar-refractivity contribution in [3.8, 4) is 0 Å². The Kier molecular flexibility index (Phi) is 3.97. The predicted molar refractivity (Wildman–Crippen MR) is 68.1 cm³/mol. The van der Waals surface area contributed by atoms with Crippen molar-refractivity contribution < 1.29 is 0 Å². The van der Waals surface area contributed by atoms with Gasteiger partial charge in [-0.3, -0.25) is 4.90 Å². The molecule has 0 aromatic heterocycles. The lowest BCUT2D eigenvalue weighted by molar-refractivity contribution is 0.246. The maximum absolute atomic E-state index is 5.85. The lowest BCUT2D eigenvalue weighted by atomic mass is 10.0. The van der Waals surface area contributed by atoms with Crippen molar-refractivity contribution in [3.63, 3.8) is 0 Å². The number of nitrogens with two attached hydrogens (primary N) is 1. The highest BCUT2D eigenvalue weighted by Gasteiger charge is 2.29. The molecule has 0 bridgehead atoms. The van der Waals surface area contributed by atoms with E-state index in [0.717, 1.165) is 19.0 Å². The maximum Gasteiger partial charge on any atom is 0.0237 e. The Hall–Kier alpha value is -0.860. The summed E-state index contributed by atoms with van der Waals surface area (Å²) >= 11 is 0. The summed E-state index contributed by atoms with van der Waals surface area (Å²) in [6.07, 6.45) is 2.56. The second kappa shape index (κ2) is 5.46. The van der Waals surface area contributed by atoms with Crippen LogP contribution in [0, 0.1) is 5.92 Å². The fourth-order valence-electron chi connectivity index (χ4n) is 2.64. The first kappa shape index (κ1) is 11.6. The maximum atomic E-state index is 5.85. The second-order valence-corrected chi connectivity index (χ2v) is 4.81. The summed E-state index contributed by atoms with van der Waals surface area (Å²) in [6.45, 7) is 5.35. The highest BCUT2D eigenvalue weighted by atomic mass is 15.2. The molecule has 0 saturated carbocycles. The van der Waals surface area contributed by atoms with E-state index in [4.69, 9.17) is 5.73 Å². The molecule has 1 fully saturated rings. The van der Waals surface area contributed by atoms with Crippen molar-refractivity contribution in [2.24, 2.45) is 11.7 Å². The Morgan fingerprint density at radius 2 is 2.06 bits per heavy atom. The van der Waals surface area contributed by atoms with Crippen LogP contribution in [0.2, 0.25) is 0 Å². The van der Waals surface area contributed by atoms with Gasteiger partial charge in [0.05, 0.1) is 0 Å². The molecule has 2 atom stereocenters. The molecular weight excluding hydrogens is 196 g/mol. The van der Waals surface area contributed by atoms with Gasteiger partial charge in [-0.1, -0.05) is 43.7 Å². The summed E-state index contributed by atoms with van der Waals surface area (Å²) in [4.78, 5) is 2.55. The lowest BCUT2D eigenvalue weighted by Crippen LogP contribution is -2.34. The molecule has 16 heavy (non-hydrogen) atoms. The first-order valence-corrected chi connectivity index (χ1v) is 6.31. The van der Waals surface area contributed by atoms with Crippen LogP contribution in [0.4, 0.5) is 0 Å². The SMILES string of the molecule is CC[C@@H]1C[C@@H](CN)N(Cc2ccccc2)C1. The average molecular weight is 218 g/mol. The molecule has 1 aromatic carbocycles. The van der Waals surface area contributed by atoms with Crippen LogP contribution in [0.15, 0.2) is 30.3 Å². The van der Waals surface area contributed by atoms with Crippen LogP contribution in [0.1, 0.15) is 25.3 Å². The number of rotatable bonds is 4. The minimum absolute atomic E-state index is 0.588. The Bertz CT molecular complexity index is 310. The van der Waals surface area contributed by atoms with E-state index in [1.165, 1.54) is 24.9 Å². The van der Waals surface area contributed by atoms with Crippen LogP contribution < -0.4 is 5.73 Å². The van der Waals surface area contributed by atoms with Gasteiger partial charge in [0, 0.05) is 25.7 Å². The molecule has 1 heterocycles. The van der Waals surface area contributed by atoms with Crippen LogP contribution in [-0.4, -0.2) is 24.0 Å². The highest BCUT2D eigenvalue weighted by molar-refractivity contribution is 5.15. The topological polar surface area (TPSA) is 29.3 Å². The van der Waals surface area contributed by atoms with Crippen molar-refractivity contribution in [1.82, 2.24) is 4.90 Å². The zero-order valence-corrected chi connectivity index (χ0v) is 10.1. The fraction of sp³-hybridized carbons (Fsp3) is 0.571. The monoisotopic (exact) mass is 218 g/mol. The zero-order valence-electron chi connectivity index (χ0n) is 10.1. The largest absolute Gasteiger partial charge is 0.329 e. The van der Waals surface area contributed by atoms with Crippen molar-refractivity contribution in [1.29, 1.82) is 0 Å². The number of benzene rings is 1. The third-order valence-corrected chi connectivity index (χ3v) is 3.69. The van der Waals surface area contributed by atoms with E-state index in [1.54, 1.807) is 0 Å². The van der Waals surface area contributed by atoms with Crippen molar-refractivity contribution >= 4 is 0 Å². The van der Waals surface area contributed by atoms with Crippen LogP contribution in [0.25, 0.3) is 0 Å². The van der Waals surface area contributed by atoms with Gasteiger partial charge in [-0.25, -0.2) is 0 Å². The Morgan fingerprint density at radius 1 is 1.31 bits per heavy atom. The molecule has 2 N–H and O–H groups in total. The summed E-state index contributed by atoms with van der Waals surface area (Å²) in [5, 5.41) is 0. The average Bonchev–Trinajstić information content (AvgIpc) is 2.73. The van der Waals surface area contributed by atoms with Crippen LogP contribution in [0.5, 0.6) is 0 Å². The van der Waals surface area contributed by atoms with E-state index in [1.807, 2.05) is 0 Å². The highest BCUT2D eigenvalue weighted by Crippen LogP contribution is 2.26. The molecule has 2 rings (SSSR count). The molecule has 88 valence electrons. The molecule has 1 saturated heterocycles. The van der Waals surface area contributed by atoms with Gasteiger partial charge in [-0.15, -0.1) is 0 Å². The van der Waals surface area contributed by atoms with E-state index >= 15 is 0 Å². The van der Waals surface area contributed by atoms with Gasteiger partial charge in [0.1, 0.15) is 0 Å². The summed E-state index contributed by atoms with van der Waals surface area (Å²) < 4.78 is 0.